The normalized spacial score (nSPS) is 23.8. The molecule has 21 heavy (non-hydrogen) atoms. The number of rotatable bonds is 3. The Morgan fingerprint density at radius 2 is 2.10 bits per heavy atom. The van der Waals surface area contributed by atoms with Crippen molar-refractivity contribution in [2.45, 2.75) is 38.2 Å². The lowest BCUT2D eigenvalue weighted by atomic mass is 9.84. The quantitative estimate of drug-likeness (QED) is 0.854. The third-order valence-electron chi connectivity index (χ3n) is 4.80. The molecule has 2 aliphatic rings. The minimum atomic E-state index is -0.293. The third-order valence-corrected chi connectivity index (χ3v) is 4.80. The van der Waals surface area contributed by atoms with Crippen molar-refractivity contribution >= 4 is 11.5 Å². The molecule has 1 aromatic carbocycles. The Hall–Kier alpha value is -1.61. The highest BCUT2D eigenvalue weighted by atomic mass is 16.5. The summed E-state index contributed by atoms with van der Waals surface area (Å²) in [5.41, 5.74) is 5.34. The number of hydrogen-bond donors (Lipinski definition) is 0. The highest BCUT2D eigenvalue weighted by molar-refractivity contribution is 5.79. The number of hydrogen-bond acceptors (Lipinski definition) is 2. The van der Waals surface area contributed by atoms with Gasteiger partial charge in [-0.25, -0.2) is 0 Å². The van der Waals surface area contributed by atoms with Gasteiger partial charge in [-0.2, -0.15) is 0 Å². The van der Waals surface area contributed by atoms with Crippen molar-refractivity contribution in [2.24, 2.45) is 0 Å². The number of carbonyl (C=O) groups excluding carboxylic acids is 1. The third kappa shape index (κ3) is 2.51. The molecule has 0 spiro atoms. The van der Waals surface area contributed by atoms with Crippen LogP contribution in [0.2, 0.25) is 0 Å². The Morgan fingerprint density at radius 3 is 2.86 bits per heavy atom. The molecule has 3 rings (SSSR count). The summed E-state index contributed by atoms with van der Waals surface area (Å²) in [6, 6.07) is 8.63. The average molecular weight is 285 g/mol. The smallest absolute Gasteiger partial charge is 0.222 e. The lowest BCUT2D eigenvalue weighted by Crippen LogP contribution is -2.37. The average Bonchev–Trinajstić information content (AvgIpc) is 2.85. The first kappa shape index (κ1) is 14.3. The van der Waals surface area contributed by atoms with E-state index in [-0.39, 0.29) is 11.5 Å². The van der Waals surface area contributed by atoms with Gasteiger partial charge >= 0.3 is 0 Å². The summed E-state index contributed by atoms with van der Waals surface area (Å²) >= 11 is 0. The molecule has 1 amide bonds. The summed E-state index contributed by atoms with van der Waals surface area (Å²) in [6.45, 7) is 2.90. The van der Waals surface area contributed by atoms with Crippen molar-refractivity contribution in [3.63, 3.8) is 0 Å². The first-order valence-corrected chi connectivity index (χ1v) is 7.66. The SMILES string of the molecule is CN(C)C(=O)CCC1(C)OCCC2=C1Cc1ccccc12. The van der Waals surface area contributed by atoms with Gasteiger partial charge in [0, 0.05) is 20.5 Å². The van der Waals surface area contributed by atoms with E-state index in [4.69, 9.17) is 4.74 Å². The Bertz CT molecular complexity index is 603. The molecule has 1 heterocycles. The van der Waals surface area contributed by atoms with Gasteiger partial charge in [-0.3, -0.25) is 4.79 Å². The molecule has 0 bridgehead atoms. The van der Waals surface area contributed by atoms with Crippen molar-refractivity contribution in [1.82, 2.24) is 4.90 Å². The van der Waals surface area contributed by atoms with E-state index in [1.54, 1.807) is 4.90 Å². The number of benzene rings is 1. The molecule has 1 aliphatic carbocycles. The predicted octanol–water partition coefficient (Wildman–Crippen LogP) is 3.04. The number of fused-ring (bicyclic) bond motifs is 2. The van der Waals surface area contributed by atoms with E-state index in [9.17, 15) is 4.79 Å². The first-order chi connectivity index (χ1) is 10.0. The maximum absolute atomic E-state index is 11.9. The van der Waals surface area contributed by atoms with Crippen molar-refractivity contribution in [3.05, 3.63) is 41.0 Å². The molecular weight excluding hydrogens is 262 g/mol. The summed E-state index contributed by atoms with van der Waals surface area (Å²) in [7, 11) is 3.62. The zero-order chi connectivity index (χ0) is 15.0. The second-order valence-corrected chi connectivity index (χ2v) is 6.41. The molecule has 1 aromatic rings. The number of ether oxygens (including phenoxy) is 1. The molecule has 0 saturated carbocycles. The lowest BCUT2D eigenvalue weighted by molar-refractivity contribution is -0.130. The molecule has 3 heteroatoms. The van der Waals surface area contributed by atoms with E-state index < -0.39 is 0 Å². The molecule has 0 radical (unpaired) electrons. The van der Waals surface area contributed by atoms with Crippen LogP contribution in [0.25, 0.3) is 5.57 Å². The standard InChI is InChI=1S/C18H23NO2/c1-18(10-8-17(20)19(2)3)16-12-13-6-4-5-7-14(13)15(16)9-11-21-18/h4-7H,8-12H2,1-3H3. The van der Waals surface area contributed by atoms with Gasteiger partial charge < -0.3 is 9.64 Å². The second kappa shape index (κ2) is 5.30. The first-order valence-electron chi connectivity index (χ1n) is 7.66. The van der Waals surface area contributed by atoms with Gasteiger partial charge in [0.1, 0.15) is 0 Å². The van der Waals surface area contributed by atoms with Gasteiger partial charge in [-0.05, 0) is 48.5 Å². The summed E-state index contributed by atoms with van der Waals surface area (Å²) in [4.78, 5) is 13.6. The molecule has 3 nitrogen and oxygen atoms in total. The molecule has 0 aromatic heterocycles. The Kier molecular flexibility index (Phi) is 3.62. The van der Waals surface area contributed by atoms with Crippen LogP contribution in [-0.4, -0.2) is 37.1 Å². The van der Waals surface area contributed by atoms with Gasteiger partial charge in [-0.15, -0.1) is 0 Å². The molecule has 1 atom stereocenters. The van der Waals surface area contributed by atoms with Crippen LogP contribution < -0.4 is 0 Å². The van der Waals surface area contributed by atoms with E-state index in [2.05, 4.69) is 31.2 Å². The zero-order valence-electron chi connectivity index (χ0n) is 13.1. The summed E-state index contributed by atoms with van der Waals surface area (Å²) in [6.07, 6.45) is 3.26. The van der Waals surface area contributed by atoms with Crippen LogP contribution in [0.1, 0.15) is 37.3 Å². The summed E-state index contributed by atoms with van der Waals surface area (Å²) < 4.78 is 6.11. The van der Waals surface area contributed by atoms with Gasteiger partial charge in [-0.1, -0.05) is 24.3 Å². The summed E-state index contributed by atoms with van der Waals surface area (Å²) in [5, 5.41) is 0. The molecule has 0 fully saturated rings. The van der Waals surface area contributed by atoms with E-state index in [0.29, 0.717) is 6.42 Å². The van der Waals surface area contributed by atoms with Crippen LogP contribution >= 0.6 is 0 Å². The highest BCUT2D eigenvalue weighted by Gasteiger charge is 2.39. The maximum atomic E-state index is 11.9. The van der Waals surface area contributed by atoms with Crippen LogP contribution in [0.3, 0.4) is 0 Å². The van der Waals surface area contributed by atoms with Gasteiger partial charge in [0.2, 0.25) is 5.91 Å². The Balaban J connectivity index is 1.84. The van der Waals surface area contributed by atoms with Crippen LogP contribution in [0.15, 0.2) is 29.8 Å². The second-order valence-electron chi connectivity index (χ2n) is 6.41. The molecule has 0 saturated heterocycles. The molecule has 112 valence electrons. The monoisotopic (exact) mass is 285 g/mol. The number of amides is 1. The lowest BCUT2D eigenvalue weighted by Gasteiger charge is -2.36. The van der Waals surface area contributed by atoms with Crippen LogP contribution in [0.4, 0.5) is 0 Å². The number of nitrogens with zero attached hydrogens (tertiary/aromatic N) is 1. The van der Waals surface area contributed by atoms with E-state index in [1.807, 2.05) is 14.1 Å². The Morgan fingerprint density at radius 1 is 1.33 bits per heavy atom. The molecule has 0 N–H and O–H groups in total. The van der Waals surface area contributed by atoms with Gasteiger partial charge in [0.15, 0.2) is 0 Å². The van der Waals surface area contributed by atoms with E-state index in [0.717, 1.165) is 25.9 Å². The predicted molar refractivity (Wildman–Crippen MR) is 84.0 cm³/mol. The number of carbonyl (C=O) groups is 1. The fourth-order valence-corrected chi connectivity index (χ4v) is 3.48. The minimum absolute atomic E-state index is 0.169. The summed E-state index contributed by atoms with van der Waals surface area (Å²) in [5.74, 6) is 0.169. The molecule has 1 unspecified atom stereocenters. The van der Waals surface area contributed by atoms with Crippen molar-refractivity contribution < 1.29 is 9.53 Å². The van der Waals surface area contributed by atoms with Gasteiger partial charge in [0.25, 0.3) is 0 Å². The van der Waals surface area contributed by atoms with Crippen molar-refractivity contribution in [3.8, 4) is 0 Å². The molecular formula is C18H23NO2. The van der Waals surface area contributed by atoms with Crippen LogP contribution in [0.5, 0.6) is 0 Å². The fourth-order valence-electron chi connectivity index (χ4n) is 3.48. The van der Waals surface area contributed by atoms with E-state index >= 15 is 0 Å². The van der Waals surface area contributed by atoms with Crippen molar-refractivity contribution in [1.29, 1.82) is 0 Å². The van der Waals surface area contributed by atoms with E-state index in [1.165, 1.54) is 22.3 Å². The topological polar surface area (TPSA) is 29.5 Å². The highest BCUT2D eigenvalue weighted by Crippen LogP contribution is 2.45. The van der Waals surface area contributed by atoms with Crippen molar-refractivity contribution in [2.75, 3.05) is 20.7 Å². The largest absolute Gasteiger partial charge is 0.371 e. The van der Waals surface area contributed by atoms with Crippen LogP contribution in [-0.2, 0) is 16.0 Å². The maximum Gasteiger partial charge on any atom is 0.222 e. The molecule has 1 aliphatic heterocycles. The van der Waals surface area contributed by atoms with Crippen LogP contribution in [0, 0.1) is 0 Å². The fraction of sp³-hybridized carbons (Fsp3) is 0.500. The Labute approximate surface area is 126 Å². The zero-order valence-corrected chi connectivity index (χ0v) is 13.1. The van der Waals surface area contributed by atoms with Gasteiger partial charge in [0.05, 0.1) is 12.2 Å². The minimum Gasteiger partial charge on any atom is -0.371 e.